The highest BCUT2D eigenvalue weighted by Gasteiger charge is 2.39. The van der Waals surface area contributed by atoms with Gasteiger partial charge in [0.05, 0.1) is 6.10 Å². The molecule has 1 N–H and O–H groups in total. The number of nitrogens with zero attached hydrogens (tertiary/aromatic N) is 2. The summed E-state index contributed by atoms with van der Waals surface area (Å²) in [7, 11) is 3.14. The summed E-state index contributed by atoms with van der Waals surface area (Å²) in [6.45, 7) is 3.95. The molecule has 168 valence electrons. The molecule has 0 spiro atoms. The van der Waals surface area contributed by atoms with Crippen LogP contribution in [0.5, 0.6) is 5.88 Å². The topological polar surface area (TPSA) is 80.8 Å². The number of hydrogen-bond acceptors (Lipinski definition) is 5. The van der Waals surface area contributed by atoms with Crippen LogP contribution in [0.15, 0.2) is 12.1 Å². The van der Waals surface area contributed by atoms with Gasteiger partial charge in [-0.25, -0.2) is 4.98 Å². The number of carbonyl (C=O) groups is 2. The number of ether oxygens (including phenoxy) is 2. The van der Waals surface area contributed by atoms with E-state index < -0.39 is 29.1 Å². The Hall–Kier alpha value is -2.36. The second-order valence-electron chi connectivity index (χ2n) is 7.44. The molecule has 2 amide bonds. The van der Waals surface area contributed by atoms with Gasteiger partial charge in [0.1, 0.15) is 23.4 Å². The Labute approximate surface area is 173 Å². The summed E-state index contributed by atoms with van der Waals surface area (Å²) < 4.78 is 50.7. The van der Waals surface area contributed by atoms with Crippen molar-refractivity contribution in [3.8, 4) is 5.88 Å². The first-order valence-corrected chi connectivity index (χ1v) is 9.91. The number of pyridine rings is 1. The lowest BCUT2D eigenvalue weighted by atomic mass is 9.90. The van der Waals surface area contributed by atoms with Crippen LogP contribution in [0.3, 0.4) is 0 Å². The van der Waals surface area contributed by atoms with Gasteiger partial charge >= 0.3 is 6.18 Å². The molecule has 0 radical (unpaired) electrons. The van der Waals surface area contributed by atoms with Gasteiger partial charge in [-0.05, 0) is 37.8 Å². The van der Waals surface area contributed by atoms with Crippen LogP contribution in [0, 0.1) is 0 Å². The minimum Gasteiger partial charge on any atom is -0.474 e. The third-order valence-corrected chi connectivity index (χ3v) is 5.20. The second-order valence-corrected chi connectivity index (χ2v) is 7.44. The van der Waals surface area contributed by atoms with Crippen LogP contribution in [-0.4, -0.2) is 60.7 Å². The quantitative estimate of drug-likeness (QED) is 0.684. The predicted molar refractivity (Wildman–Crippen MR) is 103 cm³/mol. The second kappa shape index (κ2) is 9.63. The zero-order valence-corrected chi connectivity index (χ0v) is 17.6. The van der Waals surface area contributed by atoms with E-state index in [1.807, 2.05) is 0 Å². The SMILES string of the molecule is CCC(CC)(NC(=O)c1ccc(C(F)(F)F)c(OCC2CCCO2)n1)C(=O)N(C)C. The minimum atomic E-state index is -4.69. The number of likely N-dealkylation sites (N-methyl/N-ethyl adjacent to an activating group) is 1. The molecule has 0 aromatic carbocycles. The number of amides is 2. The Morgan fingerprint density at radius 2 is 1.93 bits per heavy atom. The highest BCUT2D eigenvalue weighted by atomic mass is 19.4. The molecule has 2 rings (SSSR count). The van der Waals surface area contributed by atoms with E-state index in [1.165, 1.54) is 4.90 Å². The van der Waals surface area contributed by atoms with Gasteiger partial charge in [0.15, 0.2) is 0 Å². The number of nitrogens with one attached hydrogen (secondary N) is 1. The van der Waals surface area contributed by atoms with Crippen molar-refractivity contribution in [2.45, 2.75) is 57.3 Å². The fraction of sp³-hybridized carbons (Fsp3) is 0.650. The van der Waals surface area contributed by atoms with Gasteiger partial charge in [0, 0.05) is 20.7 Å². The summed E-state index contributed by atoms with van der Waals surface area (Å²) in [5.74, 6) is -1.73. The van der Waals surface area contributed by atoms with Crippen molar-refractivity contribution in [3.63, 3.8) is 0 Å². The van der Waals surface area contributed by atoms with E-state index >= 15 is 0 Å². The van der Waals surface area contributed by atoms with Gasteiger partial charge in [0.2, 0.25) is 11.8 Å². The average molecular weight is 431 g/mol. The standard InChI is InChI=1S/C20H28F3N3O4/c1-5-19(6-2,18(28)26(3)4)25-16(27)15-10-9-14(20(21,22)23)17(24-15)30-12-13-8-7-11-29-13/h9-10,13H,5-8,11-12H2,1-4H3,(H,25,27). The average Bonchev–Trinajstić information content (AvgIpc) is 3.22. The molecule has 10 heteroatoms. The molecular weight excluding hydrogens is 403 g/mol. The van der Waals surface area contributed by atoms with Crippen molar-refractivity contribution in [3.05, 3.63) is 23.4 Å². The fourth-order valence-electron chi connectivity index (χ4n) is 3.33. The maximum absolute atomic E-state index is 13.4. The monoisotopic (exact) mass is 431 g/mol. The van der Waals surface area contributed by atoms with Crippen LogP contribution in [0.25, 0.3) is 0 Å². The molecular formula is C20H28F3N3O4. The van der Waals surface area contributed by atoms with E-state index in [0.29, 0.717) is 25.9 Å². The normalized spacial score (nSPS) is 17.0. The number of rotatable bonds is 8. The summed E-state index contributed by atoms with van der Waals surface area (Å²) in [4.78, 5) is 30.6. The minimum absolute atomic E-state index is 0.0892. The zero-order chi connectivity index (χ0) is 22.5. The van der Waals surface area contributed by atoms with Gasteiger partial charge < -0.3 is 19.7 Å². The lowest BCUT2D eigenvalue weighted by Gasteiger charge is -2.33. The van der Waals surface area contributed by atoms with E-state index in [2.05, 4.69) is 10.3 Å². The third-order valence-electron chi connectivity index (χ3n) is 5.20. The van der Waals surface area contributed by atoms with E-state index in [0.717, 1.165) is 18.6 Å². The van der Waals surface area contributed by atoms with Crippen LogP contribution in [0.4, 0.5) is 13.2 Å². The fourth-order valence-corrected chi connectivity index (χ4v) is 3.33. The van der Waals surface area contributed by atoms with E-state index in [1.54, 1.807) is 27.9 Å². The van der Waals surface area contributed by atoms with Crippen LogP contribution < -0.4 is 10.1 Å². The van der Waals surface area contributed by atoms with Crippen molar-refractivity contribution in [2.24, 2.45) is 0 Å². The molecule has 1 fully saturated rings. The molecule has 1 aliphatic rings. The number of alkyl halides is 3. The van der Waals surface area contributed by atoms with Gasteiger partial charge in [0.25, 0.3) is 5.91 Å². The summed E-state index contributed by atoms with van der Waals surface area (Å²) in [6, 6.07) is 1.74. The van der Waals surface area contributed by atoms with Crippen molar-refractivity contribution in [1.29, 1.82) is 0 Å². The van der Waals surface area contributed by atoms with Crippen LogP contribution in [-0.2, 0) is 15.7 Å². The number of halogens is 3. The molecule has 2 heterocycles. The Kier molecular flexibility index (Phi) is 7.68. The first-order chi connectivity index (χ1) is 14.0. The first-order valence-electron chi connectivity index (χ1n) is 9.91. The molecule has 1 aromatic rings. The summed E-state index contributed by atoms with van der Waals surface area (Å²) in [5.41, 5.74) is -2.51. The molecule has 1 atom stereocenters. The Bertz CT molecular complexity index is 758. The smallest absolute Gasteiger partial charge is 0.421 e. The molecule has 30 heavy (non-hydrogen) atoms. The molecule has 0 aliphatic carbocycles. The van der Waals surface area contributed by atoms with Crippen molar-refractivity contribution in [2.75, 3.05) is 27.3 Å². The highest BCUT2D eigenvalue weighted by molar-refractivity contribution is 5.98. The van der Waals surface area contributed by atoms with Gasteiger partial charge in [-0.2, -0.15) is 13.2 Å². The number of carbonyl (C=O) groups excluding carboxylic acids is 2. The van der Waals surface area contributed by atoms with Crippen LogP contribution in [0.2, 0.25) is 0 Å². The zero-order valence-electron chi connectivity index (χ0n) is 17.6. The van der Waals surface area contributed by atoms with Crippen molar-refractivity contribution < 1.29 is 32.2 Å². The number of aromatic nitrogens is 1. The Balaban J connectivity index is 2.29. The summed E-state index contributed by atoms with van der Waals surface area (Å²) in [5, 5.41) is 2.66. The van der Waals surface area contributed by atoms with Crippen molar-refractivity contribution >= 4 is 11.8 Å². The van der Waals surface area contributed by atoms with Crippen LogP contribution in [0.1, 0.15) is 55.6 Å². The molecule has 1 aromatic heterocycles. The molecule has 0 bridgehead atoms. The molecule has 0 saturated carbocycles. The summed E-state index contributed by atoms with van der Waals surface area (Å²) in [6.07, 6.45) is -2.87. The van der Waals surface area contributed by atoms with Crippen LogP contribution >= 0.6 is 0 Å². The molecule has 1 aliphatic heterocycles. The highest BCUT2D eigenvalue weighted by Crippen LogP contribution is 2.35. The number of hydrogen-bond donors (Lipinski definition) is 1. The lowest BCUT2D eigenvalue weighted by Crippen LogP contribution is -2.57. The lowest BCUT2D eigenvalue weighted by molar-refractivity contribution is -0.139. The van der Waals surface area contributed by atoms with Gasteiger partial charge in [-0.1, -0.05) is 13.8 Å². The molecule has 1 saturated heterocycles. The van der Waals surface area contributed by atoms with E-state index in [-0.39, 0.29) is 24.3 Å². The van der Waals surface area contributed by atoms with Gasteiger partial charge in [-0.15, -0.1) is 0 Å². The first kappa shape index (κ1) is 23.9. The largest absolute Gasteiger partial charge is 0.474 e. The Morgan fingerprint density at radius 1 is 1.27 bits per heavy atom. The third kappa shape index (κ3) is 5.41. The summed E-state index contributed by atoms with van der Waals surface area (Å²) >= 11 is 0. The maximum Gasteiger partial charge on any atom is 0.421 e. The predicted octanol–water partition coefficient (Wildman–Crippen LogP) is 3.04. The van der Waals surface area contributed by atoms with Gasteiger partial charge in [-0.3, -0.25) is 9.59 Å². The molecule has 7 nitrogen and oxygen atoms in total. The van der Waals surface area contributed by atoms with E-state index in [9.17, 15) is 22.8 Å². The maximum atomic E-state index is 13.4. The molecule has 1 unspecified atom stereocenters. The van der Waals surface area contributed by atoms with E-state index in [4.69, 9.17) is 9.47 Å². The Morgan fingerprint density at radius 3 is 2.43 bits per heavy atom. The van der Waals surface area contributed by atoms with Crippen molar-refractivity contribution in [1.82, 2.24) is 15.2 Å².